The van der Waals surface area contributed by atoms with Crippen molar-refractivity contribution >= 4 is 16.7 Å². The number of hydrogen-bond acceptors (Lipinski definition) is 3. The highest BCUT2D eigenvalue weighted by molar-refractivity contribution is 5.78. The van der Waals surface area contributed by atoms with E-state index in [0.717, 1.165) is 37.5 Å². The molecule has 106 valence electrons. The maximum Gasteiger partial charge on any atom is 0.144 e. The second-order valence-electron chi connectivity index (χ2n) is 5.36. The standard InChI is InChI=1S/C17H18N4/c1-2-14-7-11-21(17(14)19-8-1)16-5-3-15(4-6-16)20-12-9-18-10-13-20/h1-8,11,18H,9-10,12-13H2. The molecule has 1 aliphatic rings. The van der Waals surface area contributed by atoms with Crippen LogP contribution in [0.5, 0.6) is 0 Å². The topological polar surface area (TPSA) is 33.1 Å². The Morgan fingerprint density at radius 1 is 0.905 bits per heavy atom. The van der Waals surface area contributed by atoms with Gasteiger partial charge >= 0.3 is 0 Å². The Hall–Kier alpha value is -2.33. The van der Waals surface area contributed by atoms with Crippen molar-refractivity contribution in [1.29, 1.82) is 0 Å². The lowest BCUT2D eigenvalue weighted by molar-refractivity contribution is 0.589. The van der Waals surface area contributed by atoms with Crippen LogP contribution in [-0.4, -0.2) is 35.7 Å². The Morgan fingerprint density at radius 2 is 1.67 bits per heavy atom. The number of nitrogens with one attached hydrogen (secondary N) is 1. The molecule has 2 aromatic heterocycles. The lowest BCUT2D eigenvalue weighted by Gasteiger charge is -2.29. The van der Waals surface area contributed by atoms with Crippen LogP contribution in [0.1, 0.15) is 0 Å². The first-order valence-corrected chi connectivity index (χ1v) is 7.40. The van der Waals surface area contributed by atoms with Crippen LogP contribution >= 0.6 is 0 Å². The minimum Gasteiger partial charge on any atom is -0.369 e. The first-order chi connectivity index (χ1) is 10.4. The molecule has 1 N–H and O–H groups in total. The smallest absolute Gasteiger partial charge is 0.144 e. The van der Waals surface area contributed by atoms with E-state index >= 15 is 0 Å². The summed E-state index contributed by atoms with van der Waals surface area (Å²) >= 11 is 0. The van der Waals surface area contributed by atoms with Gasteiger partial charge in [-0.25, -0.2) is 4.98 Å². The molecule has 1 aliphatic heterocycles. The van der Waals surface area contributed by atoms with Crippen LogP contribution < -0.4 is 10.2 Å². The highest BCUT2D eigenvalue weighted by atomic mass is 15.2. The average Bonchev–Trinajstić information content (AvgIpc) is 3.00. The Kier molecular flexibility index (Phi) is 3.09. The highest BCUT2D eigenvalue weighted by Gasteiger charge is 2.10. The molecule has 3 aromatic rings. The number of nitrogens with zero attached hydrogens (tertiary/aromatic N) is 3. The fourth-order valence-corrected chi connectivity index (χ4v) is 2.92. The van der Waals surface area contributed by atoms with Crippen LogP contribution in [0.25, 0.3) is 16.7 Å². The number of hydrogen-bond donors (Lipinski definition) is 1. The molecule has 4 rings (SSSR count). The zero-order valence-corrected chi connectivity index (χ0v) is 11.9. The van der Waals surface area contributed by atoms with Crippen molar-refractivity contribution in [3.05, 3.63) is 54.9 Å². The van der Waals surface area contributed by atoms with E-state index in [1.54, 1.807) is 0 Å². The molecule has 1 aromatic carbocycles. The molecule has 1 saturated heterocycles. The minimum atomic E-state index is 1.01. The molecule has 0 bridgehead atoms. The van der Waals surface area contributed by atoms with Gasteiger partial charge in [0.25, 0.3) is 0 Å². The van der Waals surface area contributed by atoms with Crippen LogP contribution in [-0.2, 0) is 0 Å². The summed E-state index contributed by atoms with van der Waals surface area (Å²) in [6.45, 7) is 4.28. The summed E-state index contributed by atoms with van der Waals surface area (Å²) in [6, 6.07) is 14.9. The summed E-state index contributed by atoms with van der Waals surface area (Å²) in [5.41, 5.74) is 3.46. The van der Waals surface area contributed by atoms with E-state index in [4.69, 9.17) is 0 Å². The number of aromatic nitrogens is 2. The Bertz CT molecular complexity index is 739. The molecule has 0 amide bonds. The van der Waals surface area contributed by atoms with E-state index in [2.05, 4.69) is 62.4 Å². The number of rotatable bonds is 2. The van der Waals surface area contributed by atoms with Crippen molar-refractivity contribution in [2.75, 3.05) is 31.1 Å². The van der Waals surface area contributed by atoms with Gasteiger partial charge in [0.1, 0.15) is 5.65 Å². The maximum atomic E-state index is 4.47. The quantitative estimate of drug-likeness (QED) is 0.781. The Balaban J connectivity index is 1.67. The molecule has 0 spiro atoms. The van der Waals surface area contributed by atoms with E-state index in [1.165, 1.54) is 11.1 Å². The van der Waals surface area contributed by atoms with Crippen LogP contribution in [0.15, 0.2) is 54.9 Å². The summed E-state index contributed by atoms with van der Waals surface area (Å²) in [4.78, 5) is 6.90. The third-order valence-corrected chi connectivity index (χ3v) is 4.06. The normalized spacial score (nSPS) is 15.5. The second kappa shape index (κ2) is 5.22. The van der Waals surface area contributed by atoms with Crippen LogP contribution in [0.4, 0.5) is 5.69 Å². The Morgan fingerprint density at radius 3 is 2.48 bits per heavy atom. The van der Waals surface area contributed by atoms with Crippen molar-refractivity contribution in [2.24, 2.45) is 0 Å². The minimum absolute atomic E-state index is 1.01. The first kappa shape index (κ1) is 12.4. The predicted molar refractivity (Wildman–Crippen MR) is 86.2 cm³/mol. The molecular formula is C17H18N4. The van der Waals surface area contributed by atoms with Crippen molar-refractivity contribution < 1.29 is 0 Å². The SMILES string of the molecule is c1cnc2c(c1)ccn2-c1ccc(N2CCNCC2)cc1. The molecule has 0 unspecified atom stereocenters. The number of benzene rings is 1. The summed E-state index contributed by atoms with van der Waals surface area (Å²) in [6.07, 6.45) is 3.92. The molecule has 21 heavy (non-hydrogen) atoms. The number of anilines is 1. The molecule has 0 aliphatic carbocycles. The molecule has 4 nitrogen and oxygen atoms in total. The van der Waals surface area contributed by atoms with Gasteiger partial charge in [0, 0.05) is 55.3 Å². The predicted octanol–water partition coefficient (Wildman–Crippen LogP) is 2.44. The van der Waals surface area contributed by atoms with E-state index in [0.29, 0.717) is 0 Å². The maximum absolute atomic E-state index is 4.47. The van der Waals surface area contributed by atoms with Crippen molar-refractivity contribution in [3.63, 3.8) is 0 Å². The fourth-order valence-electron chi connectivity index (χ4n) is 2.92. The van der Waals surface area contributed by atoms with Gasteiger partial charge in [-0.15, -0.1) is 0 Å². The molecule has 4 heteroatoms. The number of piperazine rings is 1. The average molecular weight is 278 g/mol. The van der Waals surface area contributed by atoms with Gasteiger partial charge in [0.2, 0.25) is 0 Å². The van der Waals surface area contributed by atoms with E-state index in [-0.39, 0.29) is 0 Å². The molecule has 0 atom stereocenters. The third-order valence-electron chi connectivity index (χ3n) is 4.06. The van der Waals surface area contributed by atoms with Crippen molar-refractivity contribution in [3.8, 4) is 5.69 Å². The highest BCUT2D eigenvalue weighted by Crippen LogP contribution is 2.21. The van der Waals surface area contributed by atoms with Gasteiger partial charge in [-0.3, -0.25) is 0 Å². The zero-order valence-electron chi connectivity index (χ0n) is 11.9. The van der Waals surface area contributed by atoms with Crippen LogP contribution in [0.2, 0.25) is 0 Å². The number of pyridine rings is 1. The van der Waals surface area contributed by atoms with E-state index in [1.807, 2.05) is 12.3 Å². The monoisotopic (exact) mass is 278 g/mol. The van der Waals surface area contributed by atoms with Gasteiger partial charge in [-0.1, -0.05) is 0 Å². The van der Waals surface area contributed by atoms with Crippen LogP contribution in [0.3, 0.4) is 0 Å². The molecule has 3 heterocycles. The second-order valence-corrected chi connectivity index (χ2v) is 5.36. The van der Waals surface area contributed by atoms with E-state index in [9.17, 15) is 0 Å². The summed E-state index contributed by atoms with van der Waals surface area (Å²) in [7, 11) is 0. The molecule has 1 fully saturated rings. The van der Waals surface area contributed by atoms with E-state index < -0.39 is 0 Å². The molecular weight excluding hydrogens is 260 g/mol. The lowest BCUT2D eigenvalue weighted by Crippen LogP contribution is -2.43. The zero-order chi connectivity index (χ0) is 14.1. The first-order valence-electron chi connectivity index (χ1n) is 7.40. The fraction of sp³-hybridized carbons (Fsp3) is 0.235. The molecule has 0 saturated carbocycles. The van der Waals surface area contributed by atoms with Gasteiger partial charge in [0.15, 0.2) is 0 Å². The lowest BCUT2D eigenvalue weighted by atomic mass is 10.2. The van der Waals surface area contributed by atoms with Gasteiger partial charge in [-0.2, -0.15) is 0 Å². The largest absolute Gasteiger partial charge is 0.369 e. The number of fused-ring (bicyclic) bond motifs is 1. The summed E-state index contributed by atoms with van der Waals surface area (Å²) in [5, 5.41) is 4.55. The third kappa shape index (κ3) is 2.28. The van der Waals surface area contributed by atoms with Crippen molar-refractivity contribution in [2.45, 2.75) is 0 Å². The summed E-state index contributed by atoms with van der Waals surface area (Å²) < 4.78 is 2.14. The summed E-state index contributed by atoms with van der Waals surface area (Å²) in [5.74, 6) is 0. The van der Waals surface area contributed by atoms with Crippen LogP contribution in [0, 0.1) is 0 Å². The Labute approximate surface area is 124 Å². The van der Waals surface area contributed by atoms with Gasteiger partial charge < -0.3 is 14.8 Å². The van der Waals surface area contributed by atoms with Gasteiger partial charge in [-0.05, 0) is 42.5 Å². The molecule has 0 radical (unpaired) electrons. The van der Waals surface area contributed by atoms with Crippen molar-refractivity contribution in [1.82, 2.24) is 14.9 Å². The van der Waals surface area contributed by atoms with Gasteiger partial charge in [0.05, 0.1) is 0 Å².